The zero-order valence-corrected chi connectivity index (χ0v) is 14.7. The Kier molecular flexibility index (Phi) is 5.59. The van der Waals surface area contributed by atoms with Crippen LogP contribution in [0.15, 0.2) is 48.9 Å². The molecular weight excluding hydrogens is 296 g/mol. The van der Waals surface area contributed by atoms with Crippen molar-refractivity contribution in [1.29, 1.82) is 0 Å². The molecule has 4 heteroatoms. The molecule has 0 saturated heterocycles. The predicted octanol–water partition coefficient (Wildman–Crippen LogP) is 3.79. The van der Waals surface area contributed by atoms with Crippen molar-refractivity contribution in [3.63, 3.8) is 0 Å². The highest BCUT2D eigenvalue weighted by molar-refractivity contribution is 5.19. The van der Waals surface area contributed by atoms with Gasteiger partial charge in [-0.2, -0.15) is 0 Å². The number of nitrogens with zero attached hydrogens (tertiary/aromatic N) is 2. The first-order valence-corrected chi connectivity index (χ1v) is 9.00. The molecule has 1 fully saturated rings. The van der Waals surface area contributed by atoms with Crippen LogP contribution in [-0.4, -0.2) is 22.1 Å². The highest BCUT2D eigenvalue weighted by atomic mass is 15.1. The summed E-state index contributed by atoms with van der Waals surface area (Å²) >= 11 is 0. The molecular formula is C20H28N4. The lowest BCUT2D eigenvalue weighted by atomic mass is 9.94. The molecule has 0 aliphatic heterocycles. The number of rotatable bonds is 7. The molecule has 2 N–H and O–H groups in total. The van der Waals surface area contributed by atoms with Gasteiger partial charge in [0, 0.05) is 42.8 Å². The molecule has 24 heavy (non-hydrogen) atoms. The van der Waals surface area contributed by atoms with Crippen LogP contribution in [0, 0.1) is 0 Å². The molecule has 2 aromatic rings. The van der Waals surface area contributed by atoms with Gasteiger partial charge in [-0.05, 0) is 32.3 Å². The van der Waals surface area contributed by atoms with Crippen LogP contribution in [0.4, 0.5) is 0 Å². The molecule has 0 radical (unpaired) electrons. The molecule has 0 bridgehead atoms. The third kappa shape index (κ3) is 4.19. The lowest BCUT2D eigenvalue weighted by Gasteiger charge is -2.35. The number of hydrogen-bond acceptors (Lipinski definition) is 4. The largest absolute Gasteiger partial charge is 0.307 e. The van der Waals surface area contributed by atoms with Gasteiger partial charge in [0.15, 0.2) is 0 Å². The van der Waals surface area contributed by atoms with E-state index >= 15 is 0 Å². The van der Waals surface area contributed by atoms with E-state index in [0.29, 0.717) is 6.04 Å². The molecule has 0 spiro atoms. The van der Waals surface area contributed by atoms with Crippen LogP contribution < -0.4 is 10.6 Å². The van der Waals surface area contributed by atoms with E-state index in [-0.39, 0.29) is 11.6 Å². The minimum Gasteiger partial charge on any atom is -0.307 e. The van der Waals surface area contributed by atoms with Crippen LogP contribution in [0.3, 0.4) is 0 Å². The quantitative estimate of drug-likeness (QED) is 0.813. The van der Waals surface area contributed by atoms with Crippen molar-refractivity contribution >= 4 is 0 Å². The molecule has 0 amide bonds. The second-order valence-electron chi connectivity index (χ2n) is 7.00. The molecule has 1 saturated carbocycles. The highest BCUT2D eigenvalue weighted by Crippen LogP contribution is 2.32. The maximum Gasteiger partial charge on any atom is 0.0753 e. The first kappa shape index (κ1) is 17.1. The van der Waals surface area contributed by atoms with Gasteiger partial charge < -0.3 is 10.6 Å². The Labute approximate surface area is 145 Å². The van der Waals surface area contributed by atoms with Gasteiger partial charge in [-0.3, -0.25) is 9.97 Å². The molecule has 2 atom stereocenters. The van der Waals surface area contributed by atoms with Gasteiger partial charge in [-0.25, -0.2) is 0 Å². The number of nitrogens with one attached hydrogen (secondary N) is 2. The third-order valence-corrected chi connectivity index (χ3v) is 5.16. The van der Waals surface area contributed by atoms with Crippen molar-refractivity contribution in [3.8, 4) is 0 Å². The number of benzene rings is 1. The first-order chi connectivity index (χ1) is 11.7. The second-order valence-corrected chi connectivity index (χ2v) is 7.00. The van der Waals surface area contributed by atoms with E-state index in [0.717, 1.165) is 12.2 Å². The third-order valence-electron chi connectivity index (χ3n) is 5.16. The Balaban J connectivity index is 1.63. The Hall–Kier alpha value is -1.78. The zero-order valence-electron chi connectivity index (χ0n) is 14.7. The van der Waals surface area contributed by atoms with E-state index in [1.165, 1.54) is 31.2 Å². The van der Waals surface area contributed by atoms with Gasteiger partial charge in [0.1, 0.15) is 0 Å². The van der Waals surface area contributed by atoms with Crippen LogP contribution in [0.5, 0.6) is 0 Å². The molecule has 1 aromatic carbocycles. The van der Waals surface area contributed by atoms with Gasteiger partial charge in [-0.15, -0.1) is 0 Å². The fourth-order valence-corrected chi connectivity index (χ4v) is 3.70. The molecule has 1 aliphatic rings. The summed E-state index contributed by atoms with van der Waals surface area (Å²) < 4.78 is 0. The van der Waals surface area contributed by atoms with Gasteiger partial charge in [0.2, 0.25) is 0 Å². The van der Waals surface area contributed by atoms with Crippen molar-refractivity contribution in [2.45, 2.75) is 57.2 Å². The van der Waals surface area contributed by atoms with Crippen LogP contribution in [0.25, 0.3) is 0 Å². The van der Waals surface area contributed by atoms with Crippen molar-refractivity contribution in [1.82, 2.24) is 20.6 Å². The monoisotopic (exact) mass is 324 g/mol. The molecule has 3 rings (SSSR count). The summed E-state index contributed by atoms with van der Waals surface area (Å²) in [5.74, 6) is 0. The highest BCUT2D eigenvalue weighted by Gasteiger charge is 2.35. The van der Waals surface area contributed by atoms with Gasteiger partial charge >= 0.3 is 0 Å². The van der Waals surface area contributed by atoms with Crippen LogP contribution in [0.2, 0.25) is 0 Å². The minimum absolute atomic E-state index is 0.172. The Bertz CT molecular complexity index is 608. The van der Waals surface area contributed by atoms with Crippen molar-refractivity contribution in [3.05, 3.63) is 60.2 Å². The maximum atomic E-state index is 4.41. The summed E-state index contributed by atoms with van der Waals surface area (Å²) in [5.41, 5.74) is 2.53. The standard InChI is InChI=1S/C20H28N4/c1-16(18-8-4-3-5-9-18)24-20(10-6-7-11-20)15-23-17(2)19-14-21-12-13-22-19/h3-5,8-9,12-14,16-17,23-24H,6-7,10-11,15H2,1-2H3/t16-,17-/m1/s1. The lowest BCUT2D eigenvalue weighted by molar-refractivity contribution is 0.275. The summed E-state index contributed by atoms with van der Waals surface area (Å²) in [6.45, 7) is 5.39. The minimum atomic E-state index is 0.172. The second kappa shape index (κ2) is 7.86. The number of aromatic nitrogens is 2. The fraction of sp³-hybridized carbons (Fsp3) is 0.500. The van der Waals surface area contributed by atoms with Crippen LogP contribution in [0.1, 0.15) is 62.9 Å². The van der Waals surface area contributed by atoms with Crippen LogP contribution in [-0.2, 0) is 0 Å². The molecule has 4 nitrogen and oxygen atoms in total. The number of hydrogen-bond donors (Lipinski definition) is 2. The lowest BCUT2D eigenvalue weighted by Crippen LogP contribution is -2.51. The summed E-state index contributed by atoms with van der Waals surface area (Å²) in [4.78, 5) is 8.58. The van der Waals surface area contributed by atoms with Gasteiger partial charge in [0.25, 0.3) is 0 Å². The molecule has 0 unspecified atom stereocenters. The van der Waals surface area contributed by atoms with E-state index in [1.807, 2.05) is 6.20 Å². The van der Waals surface area contributed by atoms with E-state index in [9.17, 15) is 0 Å². The molecule has 1 aliphatic carbocycles. The predicted molar refractivity (Wildman–Crippen MR) is 97.6 cm³/mol. The van der Waals surface area contributed by atoms with Crippen molar-refractivity contribution in [2.75, 3.05) is 6.54 Å². The summed E-state index contributed by atoms with van der Waals surface area (Å²) in [6, 6.07) is 11.3. The SMILES string of the molecule is C[C@@H](NC1(CN[C@H](C)c2cnccn2)CCCC1)c1ccccc1. The average molecular weight is 324 g/mol. The molecule has 128 valence electrons. The van der Waals surface area contributed by atoms with Gasteiger partial charge in [0.05, 0.1) is 5.69 Å². The average Bonchev–Trinajstić information content (AvgIpc) is 3.10. The maximum absolute atomic E-state index is 4.41. The van der Waals surface area contributed by atoms with Gasteiger partial charge in [-0.1, -0.05) is 43.2 Å². The zero-order chi connectivity index (χ0) is 16.8. The summed E-state index contributed by atoms with van der Waals surface area (Å²) in [7, 11) is 0. The van der Waals surface area contributed by atoms with E-state index in [1.54, 1.807) is 12.4 Å². The molecule has 1 heterocycles. The fourth-order valence-electron chi connectivity index (χ4n) is 3.70. The summed E-state index contributed by atoms with van der Waals surface area (Å²) in [5, 5.41) is 7.59. The van der Waals surface area contributed by atoms with Crippen molar-refractivity contribution < 1.29 is 0 Å². The molecule has 1 aromatic heterocycles. The van der Waals surface area contributed by atoms with E-state index in [4.69, 9.17) is 0 Å². The van der Waals surface area contributed by atoms with E-state index in [2.05, 4.69) is 64.8 Å². The summed E-state index contributed by atoms with van der Waals surface area (Å²) in [6.07, 6.45) is 10.4. The van der Waals surface area contributed by atoms with E-state index < -0.39 is 0 Å². The Morgan fingerprint density at radius 1 is 1.04 bits per heavy atom. The normalized spacial score (nSPS) is 19.1. The topological polar surface area (TPSA) is 49.8 Å². The Morgan fingerprint density at radius 2 is 1.79 bits per heavy atom. The Morgan fingerprint density at radius 3 is 2.46 bits per heavy atom. The first-order valence-electron chi connectivity index (χ1n) is 9.00. The van der Waals surface area contributed by atoms with Crippen molar-refractivity contribution in [2.24, 2.45) is 0 Å². The smallest absolute Gasteiger partial charge is 0.0753 e. The van der Waals surface area contributed by atoms with Crippen LogP contribution >= 0.6 is 0 Å².